The van der Waals surface area contributed by atoms with Gasteiger partial charge in [0.15, 0.2) is 0 Å². The van der Waals surface area contributed by atoms with Crippen LogP contribution in [0.15, 0.2) is 42.7 Å². The van der Waals surface area contributed by atoms with Gasteiger partial charge >= 0.3 is 5.97 Å². The molecule has 0 unspecified atom stereocenters. The minimum absolute atomic E-state index is 0.0240. The van der Waals surface area contributed by atoms with Crippen molar-refractivity contribution in [1.82, 2.24) is 9.38 Å². The molecule has 2 aromatic heterocycles. The van der Waals surface area contributed by atoms with Gasteiger partial charge in [-0.1, -0.05) is 6.07 Å². The summed E-state index contributed by atoms with van der Waals surface area (Å²) in [4.78, 5) is 16.5. The highest BCUT2D eigenvalue weighted by atomic mass is 16.5. The summed E-state index contributed by atoms with van der Waals surface area (Å²) < 4.78 is 12.1. The number of fused-ring (bicyclic) bond motifs is 1. The zero-order chi connectivity index (χ0) is 16.4. The third kappa shape index (κ3) is 3.11. The monoisotopic (exact) mass is 312 g/mol. The fraction of sp³-hybridized carbons (Fsp3) is 0.176. The first-order valence-electron chi connectivity index (χ1n) is 7.05. The van der Waals surface area contributed by atoms with E-state index < -0.39 is 5.97 Å². The summed E-state index contributed by atoms with van der Waals surface area (Å²) in [5.74, 6) is -0.311. The quantitative estimate of drug-likeness (QED) is 0.750. The van der Waals surface area contributed by atoms with Crippen molar-refractivity contribution in [2.45, 2.75) is 13.5 Å². The number of carbonyl (C=O) groups excluding carboxylic acids is 1. The Morgan fingerprint density at radius 1 is 1.26 bits per heavy atom. The van der Waals surface area contributed by atoms with Crippen LogP contribution in [0.25, 0.3) is 5.65 Å². The van der Waals surface area contributed by atoms with Crippen molar-refractivity contribution in [2.24, 2.45) is 0 Å². The van der Waals surface area contributed by atoms with Crippen LogP contribution in [-0.4, -0.2) is 27.6 Å². The Labute approximate surface area is 132 Å². The predicted octanol–water partition coefficient (Wildman–Crippen LogP) is 2.71. The summed E-state index contributed by atoms with van der Waals surface area (Å²) in [6.07, 6.45) is 3.75. The molecule has 1 N–H and O–H groups in total. The molecule has 0 saturated carbocycles. The third-order valence-corrected chi connectivity index (χ3v) is 3.42. The van der Waals surface area contributed by atoms with Crippen molar-refractivity contribution in [1.29, 1.82) is 0 Å². The Morgan fingerprint density at radius 2 is 2.09 bits per heavy atom. The number of rotatable bonds is 4. The Hall–Kier alpha value is -3.02. The molecular weight excluding hydrogens is 296 g/mol. The number of phenols is 1. The minimum atomic E-state index is -0.630. The smallest absolute Gasteiger partial charge is 0.342 e. The molecule has 2 heterocycles. The van der Waals surface area contributed by atoms with E-state index in [1.807, 2.05) is 29.7 Å². The number of benzene rings is 1. The molecule has 6 heteroatoms. The van der Waals surface area contributed by atoms with Crippen LogP contribution in [0.3, 0.4) is 0 Å². The van der Waals surface area contributed by atoms with Crippen molar-refractivity contribution >= 4 is 11.6 Å². The number of imidazole rings is 1. The molecule has 3 rings (SSSR count). The molecule has 0 amide bonds. The second-order valence-electron chi connectivity index (χ2n) is 5.16. The molecule has 3 aromatic rings. The fourth-order valence-electron chi connectivity index (χ4n) is 2.25. The summed E-state index contributed by atoms with van der Waals surface area (Å²) in [5, 5.41) is 9.77. The molecule has 118 valence electrons. The molecule has 23 heavy (non-hydrogen) atoms. The van der Waals surface area contributed by atoms with Gasteiger partial charge in [-0.15, -0.1) is 0 Å². The number of carbonyl (C=O) groups is 1. The van der Waals surface area contributed by atoms with Crippen molar-refractivity contribution < 1.29 is 19.4 Å². The lowest BCUT2D eigenvalue weighted by Crippen LogP contribution is -2.06. The molecule has 0 aliphatic rings. The standard InChI is InChI=1S/C17H16N2O4/c1-11-3-6-16-18-12(9-19(16)8-11)10-23-17(21)14-7-13(22-2)4-5-15(14)20/h3-9,20H,10H2,1-2H3. The van der Waals surface area contributed by atoms with Gasteiger partial charge in [-0.2, -0.15) is 0 Å². The van der Waals surface area contributed by atoms with Crippen LogP contribution < -0.4 is 4.74 Å². The van der Waals surface area contributed by atoms with E-state index in [0.29, 0.717) is 11.4 Å². The third-order valence-electron chi connectivity index (χ3n) is 3.42. The molecule has 6 nitrogen and oxygen atoms in total. The lowest BCUT2D eigenvalue weighted by Gasteiger charge is -2.07. The van der Waals surface area contributed by atoms with Crippen LogP contribution in [0.4, 0.5) is 0 Å². The second-order valence-corrected chi connectivity index (χ2v) is 5.16. The molecule has 0 aliphatic carbocycles. The molecule has 0 radical (unpaired) electrons. The molecule has 0 aliphatic heterocycles. The summed E-state index contributed by atoms with van der Waals surface area (Å²) in [6.45, 7) is 2.01. The van der Waals surface area contributed by atoms with Crippen molar-refractivity contribution in [3.63, 3.8) is 0 Å². The predicted molar refractivity (Wildman–Crippen MR) is 83.7 cm³/mol. The molecule has 0 saturated heterocycles. The number of aromatic nitrogens is 2. The zero-order valence-corrected chi connectivity index (χ0v) is 12.8. The largest absolute Gasteiger partial charge is 0.507 e. The van der Waals surface area contributed by atoms with E-state index in [1.54, 1.807) is 12.3 Å². The number of ether oxygens (including phenoxy) is 2. The number of nitrogens with zero attached hydrogens (tertiary/aromatic N) is 2. The van der Waals surface area contributed by atoms with Crippen LogP contribution in [0.1, 0.15) is 21.6 Å². The van der Waals surface area contributed by atoms with Crippen LogP contribution in [0.5, 0.6) is 11.5 Å². The zero-order valence-electron chi connectivity index (χ0n) is 12.8. The minimum Gasteiger partial charge on any atom is -0.507 e. The number of hydrogen-bond acceptors (Lipinski definition) is 5. The summed E-state index contributed by atoms with van der Waals surface area (Å²) in [7, 11) is 1.49. The number of aromatic hydroxyl groups is 1. The average molecular weight is 312 g/mol. The van der Waals surface area contributed by atoms with Crippen LogP contribution in [0.2, 0.25) is 0 Å². The van der Waals surface area contributed by atoms with Crippen LogP contribution in [0, 0.1) is 6.92 Å². The SMILES string of the molecule is COc1ccc(O)c(C(=O)OCc2cn3cc(C)ccc3n2)c1. The summed E-state index contributed by atoms with van der Waals surface area (Å²) in [6, 6.07) is 8.26. The van der Waals surface area contributed by atoms with E-state index in [2.05, 4.69) is 4.98 Å². The Bertz CT molecular complexity index is 870. The maximum absolute atomic E-state index is 12.1. The van der Waals surface area contributed by atoms with E-state index in [1.165, 1.54) is 19.2 Å². The highest BCUT2D eigenvalue weighted by Crippen LogP contribution is 2.23. The average Bonchev–Trinajstić information content (AvgIpc) is 2.95. The number of aryl methyl sites for hydroxylation is 1. The highest BCUT2D eigenvalue weighted by molar-refractivity contribution is 5.92. The van der Waals surface area contributed by atoms with E-state index in [0.717, 1.165) is 11.2 Å². The van der Waals surface area contributed by atoms with Crippen LogP contribution in [-0.2, 0) is 11.3 Å². The summed E-state index contributed by atoms with van der Waals surface area (Å²) >= 11 is 0. The first kappa shape index (κ1) is 14.9. The number of esters is 1. The highest BCUT2D eigenvalue weighted by Gasteiger charge is 2.15. The van der Waals surface area contributed by atoms with E-state index >= 15 is 0 Å². The van der Waals surface area contributed by atoms with Gasteiger partial charge in [-0.05, 0) is 36.8 Å². The Morgan fingerprint density at radius 3 is 2.87 bits per heavy atom. The number of hydrogen-bond donors (Lipinski definition) is 1. The maximum atomic E-state index is 12.1. The van der Waals surface area contributed by atoms with Crippen molar-refractivity contribution in [2.75, 3.05) is 7.11 Å². The molecule has 0 bridgehead atoms. The van der Waals surface area contributed by atoms with Gasteiger partial charge in [0, 0.05) is 12.4 Å². The van der Waals surface area contributed by atoms with E-state index in [4.69, 9.17) is 9.47 Å². The maximum Gasteiger partial charge on any atom is 0.342 e. The number of pyridine rings is 1. The first-order valence-corrected chi connectivity index (χ1v) is 7.05. The van der Waals surface area contributed by atoms with Gasteiger partial charge in [0.25, 0.3) is 0 Å². The topological polar surface area (TPSA) is 73.1 Å². The Kier molecular flexibility index (Phi) is 3.89. The summed E-state index contributed by atoms with van der Waals surface area (Å²) in [5.41, 5.74) is 2.58. The second kappa shape index (κ2) is 6.00. The molecular formula is C17H16N2O4. The Balaban J connectivity index is 1.75. The van der Waals surface area contributed by atoms with Crippen molar-refractivity contribution in [3.8, 4) is 11.5 Å². The number of methoxy groups -OCH3 is 1. The molecule has 0 spiro atoms. The number of phenolic OH excluding ortho intramolecular Hbond substituents is 1. The van der Waals surface area contributed by atoms with Gasteiger partial charge < -0.3 is 19.0 Å². The molecule has 1 aromatic carbocycles. The van der Waals surface area contributed by atoms with Gasteiger partial charge in [0.1, 0.15) is 29.3 Å². The molecule has 0 atom stereocenters. The van der Waals surface area contributed by atoms with Gasteiger partial charge in [-0.3, -0.25) is 0 Å². The van der Waals surface area contributed by atoms with E-state index in [-0.39, 0.29) is 17.9 Å². The molecule has 0 fully saturated rings. The lowest BCUT2D eigenvalue weighted by atomic mass is 10.2. The van der Waals surface area contributed by atoms with Gasteiger partial charge in [-0.25, -0.2) is 9.78 Å². The normalized spacial score (nSPS) is 10.7. The first-order chi connectivity index (χ1) is 11.1. The van der Waals surface area contributed by atoms with Crippen LogP contribution >= 0.6 is 0 Å². The van der Waals surface area contributed by atoms with E-state index in [9.17, 15) is 9.90 Å². The van der Waals surface area contributed by atoms with Gasteiger partial charge in [0.2, 0.25) is 0 Å². The van der Waals surface area contributed by atoms with Crippen molar-refractivity contribution in [3.05, 3.63) is 59.5 Å². The lowest BCUT2D eigenvalue weighted by molar-refractivity contribution is 0.0464. The fourth-order valence-corrected chi connectivity index (χ4v) is 2.25. The van der Waals surface area contributed by atoms with Gasteiger partial charge in [0.05, 0.1) is 12.8 Å².